The van der Waals surface area contributed by atoms with Crippen LogP contribution in [0.1, 0.15) is 16.1 Å². The van der Waals surface area contributed by atoms with Gasteiger partial charge in [0, 0.05) is 11.6 Å². The second-order valence-corrected chi connectivity index (χ2v) is 7.17. The Labute approximate surface area is 185 Å². The SMILES string of the molecule is COc1ccc(-c2cc(C(=O)Nc3ccccc3F)n(-c3cccc(C)c3)n2)c(OC)c1. The summed E-state index contributed by atoms with van der Waals surface area (Å²) in [6.45, 7) is 1.96. The first-order chi connectivity index (χ1) is 15.5. The number of hydrogen-bond donors (Lipinski definition) is 1. The fourth-order valence-corrected chi connectivity index (χ4v) is 3.39. The van der Waals surface area contributed by atoms with Gasteiger partial charge in [0.05, 0.1) is 31.3 Å². The highest BCUT2D eigenvalue weighted by molar-refractivity contribution is 6.04. The Kier molecular flexibility index (Phi) is 5.89. The molecule has 6 nitrogen and oxygen atoms in total. The van der Waals surface area contributed by atoms with E-state index in [1.54, 1.807) is 49.2 Å². The smallest absolute Gasteiger partial charge is 0.274 e. The number of anilines is 1. The molecule has 0 atom stereocenters. The number of carbonyl (C=O) groups is 1. The summed E-state index contributed by atoms with van der Waals surface area (Å²) in [5.41, 5.74) is 3.30. The second-order valence-electron chi connectivity index (χ2n) is 7.17. The minimum Gasteiger partial charge on any atom is -0.497 e. The fraction of sp³-hybridized carbons (Fsp3) is 0.120. The minimum atomic E-state index is -0.514. The molecule has 0 aliphatic heterocycles. The van der Waals surface area contributed by atoms with Gasteiger partial charge in [-0.3, -0.25) is 4.79 Å². The van der Waals surface area contributed by atoms with Crippen molar-refractivity contribution < 1.29 is 18.7 Å². The van der Waals surface area contributed by atoms with Crippen LogP contribution in [-0.4, -0.2) is 29.9 Å². The number of para-hydroxylation sites is 1. The largest absolute Gasteiger partial charge is 0.497 e. The van der Waals surface area contributed by atoms with Crippen molar-refractivity contribution in [1.29, 1.82) is 0 Å². The van der Waals surface area contributed by atoms with Crippen molar-refractivity contribution in [3.63, 3.8) is 0 Å². The molecule has 4 aromatic rings. The van der Waals surface area contributed by atoms with Gasteiger partial charge in [0.25, 0.3) is 5.91 Å². The van der Waals surface area contributed by atoms with Gasteiger partial charge in [-0.1, -0.05) is 24.3 Å². The molecule has 162 valence electrons. The number of amides is 1. The van der Waals surface area contributed by atoms with Crippen LogP contribution in [-0.2, 0) is 0 Å². The Morgan fingerprint density at radius 3 is 2.50 bits per heavy atom. The molecule has 0 bridgehead atoms. The van der Waals surface area contributed by atoms with E-state index < -0.39 is 11.7 Å². The van der Waals surface area contributed by atoms with Crippen molar-refractivity contribution in [2.75, 3.05) is 19.5 Å². The Bertz CT molecular complexity index is 1280. The summed E-state index contributed by atoms with van der Waals surface area (Å²) in [5, 5.41) is 7.32. The van der Waals surface area contributed by atoms with Crippen molar-refractivity contribution in [1.82, 2.24) is 9.78 Å². The number of aryl methyl sites for hydroxylation is 1. The average molecular weight is 431 g/mol. The average Bonchev–Trinajstić information content (AvgIpc) is 3.25. The molecule has 0 fully saturated rings. The highest BCUT2D eigenvalue weighted by Gasteiger charge is 2.21. The number of carbonyl (C=O) groups excluding carboxylic acids is 1. The monoisotopic (exact) mass is 431 g/mol. The molecular weight excluding hydrogens is 409 g/mol. The Morgan fingerprint density at radius 2 is 1.78 bits per heavy atom. The predicted octanol–water partition coefficient (Wildman–Crippen LogP) is 5.26. The molecule has 7 heteroatoms. The zero-order chi connectivity index (χ0) is 22.7. The molecule has 0 aliphatic carbocycles. The molecule has 1 N–H and O–H groups in total. The van der Waals surface area contributed by atoms with Gasteiger partial charge in [0.2, 0.25) is 0 Å². The van der Waals surface area contributed by atoms with Crippen molar-refractivity contribution in [2.45, 2.75) is 6.92 Å². The molecule has 0 radical (unpaired) electrons. The number of hydrogen-bond acceptors (Lipinski definition) is 4. The van der Waals surface area contributed by atoms with Gasteiger partial charge in [-0.15, -0.1) is 0 Å². The highest BCUT2D eigenvalue weighted by atomic mass is 19.1. The van der Waals surface area contributed by atoms with Crippen molar-refractivity contribution >= 4 is 11.6 Å². The lowest BCUT2D eigenvalue weighted by atomic mass is 10.1. The molecule has 0 spiro atoms. The zero-order valence-electron chi connectivity index (χ0n) is 17.9. The summed E-state index contributed by atoms with van der Waals surface area (Å²) in [6.07, 6.45) is 0. The van der Waals surface area contributed by atoms with Gasteiger partial charge in [-0.2, -0.15) is 5.10 Å². The summed E-state index contributed by atoms with van der Waals surface area (Å²) in [4.78, 5) is 13.2. The van der Waals surface area contributed by atoms with Crippen LogP contribution in [0.3, 0.4) is 0 Å². The summed E-state index contributed by atoms with van der Waals surface area (Å²) in [7, 11) is 3.13. The minimum absolute atomic E-state index is 0.0954. The van der Waals surface area contributed by atoms with Crippen LogP contribution in [0, 0.1) is 12.7 Å². The molecular formula is C25H22FN3O3. The number of nitrogens with one attached hydrogen (secondary N) is 1. The molecule has 1 amide bonds. The van der Waals surface area contributed by atoms with Crippen LogP contribution >= 0.6 is 0 Å². The second kappa shape index (κ2) is 8.93. The quantitative estimate of drug-likeness (QED) is 0.453. The van der Waals surface area contributed by atoms with Gasteiger partial charge in [0.1, 0.15) is 23.0 Å². The number of ether oxygens (including phenoxy) is 2. The van der Waals surface area contributed by atoms with E-state index in [0.717, 1.165) is 5.56 Å². The van der Waals surface area contributed by atoms with Gasteiger partial charge in [0.15, 0.2) is 0 Å². The summed E-state index contributed by atoms with van der Waals surface area (Å²) in [5.74, 6) is 0.197. The van der Waals surface area contributed by atoms with Gasteiger partial charge >= 0.3 is 0 Å². The van der Waals surface area contributed by atoms with E-state index in [4.69, 9.17) is 9.47 Å². The van der Waals surface area contributed by atoms with Crippen LogP contribution in [0.2, 0.25) is 0 Å². The molecule has 1 aromatic heterocycles. The van der Waals surface area contributed by atoms with Crippen molar-refractivity contribution in [3.05, 3.63) is 89.9 Å². The van der Waals surface area contributed by atoms with E-state index in [2.05, 4.69) is 10.4 Å². The maximum atomic E-state index is 14.1. The van der Waals surface area contributed by atoms with Crippen molar-refractivity contribution in [2.24, 2.45) is 0 Å². The first kappa shape index (κ1) is 21.1. The molecule has 0 saturated heterocycles. The van der Waals surface area contributed by atoms with E-state index in [1.165, 1.54) is 12.1 Å². The Morgan fingerprint density at radius 1 is 0.969 bits per heavy atom. The molecule has 32 heavy (non-hydrogen) atoms. The molecule has 0 unspecified atom stereocenters. The maximum Gasteiger partial charge on any atom is 0.274 e. The summed E-state index contributed by atoms with van der Waals surface area (Å²) in [6, 6.07) is 20.7. The third kappa shape index (κ3) is 4.18. The van der Waals surface area contributed by atoms with Crippen LogP contribution in [0.25, 0.3) is 16.9 Å². The lowest BCUT2D eigenvalue weighted by molar-refractivity contribution is 0.101. The van der Waals surface area contributed by atoms with Crippen LogP contribution in [0.4, 0.5) is 10.1 Å². The summed E-state index contributed by atoms with van der Waals surface area (Å²) >= 11 is 0. The lowest BCUT2D eigenvalue weighted by Gasteiger charge is -2.09. The van der Waals surface area contributed by atoms with E-state index in [-0.39, 0.29) is 11.4 Å². The number of methoxy groups -OCH3 is 2. The summed E-state index contributed by atoms with van der Waals surface area (Å²) < 4.78 is 26.4. The molecule has 1 heterocycles. The molecule has 4 rings (SSSR count). The number of nitrogens with zero attached hydrogens (tertiary/aromatic N) is 2. The topological polar surface area (TPSA) is 65.4 Å². The van der Waals surface area contributed by atoms with Crippen molar-refractivity contribution in [3.8, 4) is 28.4 Å². The first-order valence-electron chi connectivity index (χ1n) is 9.95. The van der Waals surface area contributed by atoms with E-state index >= 15 is 0 Å². The van der Waals surface area contributed by atoms with Crippen LogP contribution < -0.4 is 14.8 Å². The standard InChI is InChI=1S/C25H22FN3O3/c1-16-7-6-8-17(13-16)29-23(25(30)27-21-10-5-4-9-20(21)26)15-22(28-29)19-12-11-18(31-2)14-24(19)32-3/h4-15H,1-3H3,(H,27,30). The number of halogens is 1. The predicted molar refractivity (Wildman–Crippen MR) is 121 cm³/mol. The molecule has 0 aliphatic rings. The highest BCUT2D eigenvalue weighted by Crippen LogP contribution is 2.33. The number of rotatable bonds is 6. The zero-order valence-corrected chi connectivity index (χ0v) is 17.9. The fourth-order valence-electron chi connectivity index (χ4n) is 3.39. The van der Waals surface area contributed by atoms with Gasteiger partial charge < -0.3 is 14.8 Å². The normalized spacial score (nSPS) is 10.6. The van der Waals surface area contributed by atoms with E-state index in [1.807, 2.05) is 37.3 Å². The first-order valence-corrected chi connectivity index (χ1v) is 9.95. The van der Waals surface area contributed by atoms with Crippen LogP contribution in [0.15, 0.2) is 72.8 Å². The van der Waals surface area contributed by atoms with Crippen LogP contribution in [0.5, 0.6) is 11.5 Å². The maximum absolute atomic E-state index is 14.1. The lowest BCUT2D eigenvalue weighted by Crippen LogP contribution is -2.17. The Balaban J connectivity index is 1.83. The molecule has 0 saturated carbocycles. The van der Waals surface area contributed by atoms with Gasteiger partial charge in [-0.05, 0) is 55.0 Å². The Hall–Kier alpha value is -4.13. The molecule has 3 aromatic carbocycles. The number of aromatic nitrogens is 2. The number of benzene rings is 3. The third-order valence-corrected chi connectivity index (χ3v) is 4.99. The van der Waals surface area contributed by atoms with Gasteiger partial charge in [-0.25, -0.2) is 9.07 Å². The third-order valence-electron chi connectivity index (χ3n) is 4.99. The van der Waals surface area contributed by atoms with E-state index in [9.17, 15) is 9.18 Å². The van der Waals surface area contributed by atoms with E-state index in [0.29, 0.717) is 28.4 Å².